The van der Waals surface area contributed by atoms with E-state index in [2.05, 4.69) is 23.0 Å². The Hall–Kier alpha value is -2.56. The normalized spacial score (nSPS) is 10.4. The van der Waals surface area contributed by atoms with Gasteiger partial charge in [-0.2, -0.15) is 8.75 Å². The van der Waals surface area contributed by atoms with Gasteiger partial charge in [-0.15, -0.1) is 11.8 Å². The molecule has 0 bridgehead atoms. The van der Waals surface area contributed by atoms with E-state index in [1.54, 1.807) is 6.26 Å². The van der Waals surface area contributed by atoms with Crippen LogP contribution in [0, 0.1) is 0 Å². The largest absolute Gasteiger partial charge is 0.465 e. The Labute approximate surface area is 195 Å². The number of thioether (sulfide) groups is 1. The van der Waals surface area contributed by atoms with Gasteiger partial charge < -0.3 is 18.9 Å². The highest BCUT2D eigenvalue weighted by atomic mass is 32.2. The topological polar surface area (TPSA) is 165 Å². The highest BCUT2D eigenvalue weighted by Crippen LogP contribution is 2.33. The number of methoxy groups -OCH3 is 2. The second kappa shape index (κ2) is 11.9. The molecule has 0 aliphatic carbocycles. The van der Waals surface area contributed by atoms with Crippen molar-refractivity contribution < 1.29 is 46.5 Å². The molecular formula is C16H18N2O10S4. The average molecular weight is 527 g/mol. The maximum atomic E-state index is 11.4. The highest BCUT2D eigenvalue weighted by Gasteiger charge is 2.29. The third kappa shape index (κ3) is 7.25. The second-order valence-electron chi connectivity index (χ2n) is 5.45. The van der Waals surface area contributed by atoms with E-state index in [0.717, 1.165) is 31.8 Å². The number of carbonyl (C=O) groups excluding carboxylic acids is 4. The lowest BCUT2D eigenvalue weighted by molar-refractivity contribution is -0.133. The molecular weight excluding hydrogens is 508 g/mol. The number of aromatic nitrogens is 2. The smallest absolute Gasteiger partial charge is 0.345 e. The molecule has 0 aliphatic heterocycles. The van der Waals surface area contributed by atoms with Crippen LogP contribution in [0.5, 0.6) is 11.8 Å². The molecule has 0 atom stereocenters. The minimum Gasteiger partial charge on any atom is -0.465 e. The van der Waals surface area contributed by atoms with Crippen LogP contribution in [0.2, 0.25) is 0 Å². The Morgan fingerprint density at radius 2 is 1.28 bits per heavy atom. The summed E-state index contributed by atoms with van der Waals surface area (Å²) >= 11 is 3.00. The average Bonchev–Trinajstić information content (AvgIpc) is 3.30. The van der Waals surface area contributed by atoms with Crippen molar-refractivity contribution >= 4 is 68.5 Å². The van der Waals surface area contributed by atoms with Crippen molar-refractivity contribution in [1.29, 1.82) is 0 Å². The molecule has 0 aromatic carbocycles. The number of esters is 4. The second-order valence-corrected chi connectivity index (χ2v) is 10.3. The molecule has 0 spiro atoms. The summed E-state index contributed by atoms with van der Waals surface area (Å²) in [7, 11) is -1.29. The van der Waals surface area contributed by atoms with Gasteiger partial charge in [0, 0.05) is 20.1 Å². The van der Waals surface area contributed by atoms with Gasteiger partial charge >= 0.3 is 23.9 Å². The van der Waals surface area contributed by atoms with E-state index in [9.17, 15) is 27.6 Å². The van der Waals surface area contributed by atoms with Gasteiger partial charge in [-0.25, -0.2) is 18.0 Å². The first-order chi connectivity index (χ1) is 14.9. The summed E-state index contributed by atoms with van der Waals surface area (Å²) in [6.07, 6.45) is 2.72. The number of rotatable bonds is 6. The first-order valence-electron chi connectivity index (χ1n) is 8.14. The van der Waals surface area contributed by atoms with E-state index < -0.39 is 33.7 Å². The molecule has 0 aliphatic rings. The maximum Gasteiger partial charge on any atom is 0.345 e. The van der Waals surface area contributed by atoms with Crippen molar-refractivity contribution in [3.05, 3.63) is 11.1 Å². The molecule has 16 heteroatoms. The van der Waals surface area contributed by atoms with Gasteiger partial charge in [0.15, 0.2) is 19.6 Å². The number of nitrogens with zero attached hydrogens (tertiary/aromatic N) is 2. The molecule has 0 radical (unpaired) electrons. The molecule has 2 heterocycles. The van der Waals surface area contributed by atoms with Crippen LogP contribution < -0.4 is 9.47 Å². The SMILES string of the molecule is COC(=O)c1c(OC(C)=O)nsc1S(C)(=O)=O.COC(=O)c1c(OC(C)=O)nsc1SC. The molecule has 2 rings (SSSR count). The van der Waals surface area contributed by atoms with E-state index in [0.29, 0.717) is 15.7 Å². The fraction of sp³-hybridized carbons (Fsp3) is 0.375. The maximum absolute atomic E-state index is 11.4. The van der Waals surface area contributed by atoms with Crippen molar-refractivity contribution in [3.8, 4) is 11.8 Å². The zero-order valence-electron chi connectivity index (χ0n) is 17.6. The molecule has 32 heavy (non-hydrogen) atoms. The number of sulfone groups is 1. The van der Waals surface area contributed by atoms with Crippen molar-refractivity contribution in [2.45, 2.75) is 22.3 Å². The summed E-state index contributed by atoms with van der Waals surface area (Å²) < 4.78 is 49.1. The van der Waals surface area contributed by atoms with Crippen LogP contribution in [0.1, 0.15) is 34.6 Å². The molecule has 0 fully saturated rings. The third-order valence-corrected chi connectivity index (χ3v) is 7.60. The molecule has 176 valence electrons. The Bertz CT molecular complexity index is 1120. The molecule has 0 unspecified atom stereocenters. The van der Waals surface area contributed by atoms with E-state index in [-0.39, 0.29) is 27.1 Å². The van der Waals surface area contributed by atoms with Gasteiger partial charge in [-0.05, 0) is 29.3 Å². The first-order valence-corrected chi connectivity index (χ1v) is 12.8. The summed E-state index contributed by atoms with van der Waals surface area (Å²) in [6, 6.07) is 0. The predicted molar refractivity (Wildman–Crippen MR) is 114 cm³/mol. The predicted octanol–water partition coefficient (Wildman–Crippen LogP) is 1.84. The number of ether oxygens (including phenoxy) is 4. The summed E-state index contributed by atoms with van der Waals surface area (Å²) in [5.74, 6) is -3.03. The van der Waals surface area contributed by atoms with E-state index in [1.165, 1.54) is 25.8 Å². The fourth-order valence-corrected chi connectivity index (χ4v) is 4.96. The lowest BCUT2D eigenvalue weighted by Gasteiger charge is -2.02. The van der Waals surface area contributed by atoms with Gasteiger partial charge in [0.05, 0.1) is 18.4 Å². The van der Waals surface area contributed by atoms with Crippen LogP contribution in [-0.4, -0.2) is 67.8 Å². The quantitative estimate of drug-likeness (QED) is 0.395. The Morgan fingerprint density at radius 1 is 0.844 bits per heavy atom. The minimum atomic E-state index is -3.64. The zero-order chi connectivity index (χ0) is 24.6. The van der Waals surface area contributed by atoms with Crippen LogP contribution in [0.15, 0.2) is 8.42 Å². The lowest BCUT2D eigenvalue weighted by atomic mass is 10.3. The van der Waals surface area contributed by atoms with Crippen LogP contribution in [0.25, 0.3) is 0 Å². The van der Waals surface area contributed by atoms with Gasteiger partial charge in [-0.3, -0.25) is 9.59 Å². The lowest BCUT2D eigenvalue weighted by Crippen LogP contribution is -2.11. The highest BCUT2D eigenvalue weighted by molar-refractivity contribution is 8.00. The third-order valence-electron chi connectivity index (χ3n) is 3.04. The van der Waals surface area contributed by atoms with Crippen LogP contribution >= 0.6 is 34.8 Å². The van der Waals surface area contributed by atoms with Gasteiger partial charge in [-0.1, -0.05) is 0 Å². The molecule has 0 saturated carbocycles. The summed E-state index contributed by atoms with van der Waals surface area (Å²) in [6.45, 7) is 2.36. The summed E-state index contributed by atoms with van der Waals surface area (Å²) in [4.78, 5) is 44.4. The van der Waals surface area contributed by atoms with Crippen molar-refractivity contribution in [2.75, 3.05) is 26.7 Å². The molecule has 2 aromatic rings. The fourth-order valence-electron chi connectivity index (χ4n) is 1.87. The Kier molecular flexibility index (Phi) is 10.2. The monoisotopic (exact) mass is 526 g/mol. The molecule has 0 saturated heterocycles. The number of hydrogen-bond acceptors (Lipinski definition) is 15. The standard InChI is InChI=1S/C8H9NO6S2.C8H9NO4S2/c1-4(10)15-6-5(7(11)14-2)8(16-9-6)17(3,12)13;1-4(10)13-6-5(7(11)12-2)8(14-3)15-9-6/h1-3H3;1-3H3. The van der Waals surface area contributed by atoms with E-state index >= 15 is 0 Å². The van der Waals surface area contributed by atoms with Gasteiger partial charge in [0.2, 0.25) is 11.8 Å². The van der Waals surface area contributed by atoms with Crippen LogP contribution in [-0.2, 0) is 28.9 Å². The van der Waals surface area contributed by atoms with Crippen molar-refractivity contribution in [1.82, 2.24) is 8.75 Å². The Morgan fingerprint density at radius 3 is 1.69 bits per heavy atom. The van der Waals surface area contributed by atoms with Gasteiger partial charge in [0.1, 0.15) is 5.56 Å². The van der Waals surface area contributed by atoms with E-state index in [4.69, 9.17) is 4.74 Å². The van der Waals surface area contributed by atoms with Crippen LogP contribution in [0.4, 0.5) is 0 Å². The Balaban J connectivity index is 0.000000323. The summed E-state index contributed by atoms with van der Waals surface area (Å²) in [5.41, 5.74) is -0.139. The summed E-state index contributed by atoms with van der Waals surface area (Å²) in [5, 5.41) is 0. The number of hydrogen-bond donors (Lipinski definition) is 0. The van der Waals surface area contributed by atoms with Gasteiger partial charge in [0.25, 0.3) is 0 Å². The number of carbonyl (C=O) groups is 4. The molecule has 12 nitrogen and oxygen atoms in total. The first kappa shape index (κ1) is 27.5. The molecule has 0 N–H and O–H groups in total. The van der Waals surface area contributed by atoms with E-state index in [1.807, 2.05) is 0 Å². The molecule has 2 aromatic heterocycles. The zero-order valence-corrected chi connectivity index (χ0v) is 20.9. The molecule has 0 amide bonds. The van der Waals surface area contributed by atoms with Crippen LogP contribution in [0.3, 0.4) is 0 Å². The van der Waals surface area contributed by atoms with Crippen molar-refractivity contribution in [3.63, 3.8) is 0 Å². The van der Waals surface area contributed by atoms with Crippen molar-refractivity contribution in [2.24, 2.45) is 0 Å². The minimum absolute atomic E-state index is 0.0173.